The van der Waals surface area contributed by atoms with E-state index in [1.165, 1.54) is 96.3 Å². The lowest BCUT2D eigenvalue weighted by atomic mass is 10.0. The number of nitrogens with zero attached hydrogens (tertiary/aromatic N) is 2. The van der Waals surface area contributed by atoms with Gasteiger partial charge < -0.3 is 10.2 Å². The van der Waals surface area contributed by atoms with Gasteiger partial charge in [-0.3, -0.25) is 10.0 Å². The fourth-order valence-electron chi connectivity index (χ4n) is 3.78. The molecule has 0 bridgehead atoms. The lowest BCUT2D eigenvalue weighted by Crippen LogP contribution is -2.67. The molecule has 0 aliphatic carbocycles. The predicted octanol–water partition coefficient (Wildman–Crippen LogP) is 5.17. The summed E-state index contributed by atoms with van der Waals surface area (Å²) < 4.78 is 0.727. The van der Waals surface area contributed by atoms with Crippen LogP contribution in [0.5, 0.6) is 0 Å². The van der Waals surface area contributed by atoms with Crippen molar-refractivity contribution >= 4 is 5.91 Å². The summed E-state index contributed by atoms with van der Waals surface area (Å²) in [6.45, 7) is 3.38. The molecule has 0 saturated heterocycles. The number of rotatable bonds is 21. The van der Waals surface area contributed by atoms with Crippen molar-refractivity contribution in [1.82, 2.24) is 5.06 Å². The van der Waals surface area contributed by atoms with E-state index in [9.17, 15) is 10.0 Å². The normalized spacial score (nSPS) is 12.9. The molecule has 0 aromatic heterocycles. The maximum atomic E-state index is 12.2. The molecule has 1 unspecified atom stereocenters. The molecular weight excluding hydrogens is 374 g/mol. The Morgan fingerprint density at radius 1 is 0.767 bits per heavy atom. The van der Waals surface area contributed by atoms with Crippen LogP contribution in [0.2, 0.25) is 0 Å². The van der Waals surface area contributed by atoms with Crippen molar-refractivity contribution in [1.29, 1.82) is 0 Å². The number of unbranched alkanes of at least 4 members (excludes halogenated alkanes) is 15. The summed E-state index contributed by atoms with van der Waals surface area (Å²) in [7, 11) is 6.16. The van der Waals surface area contributed by atoms with E-state index in [2.05, 4.69) is 33.8 Å². The van der Waals surface area contributed by atoms with Crippen molar-refractivity contribution in [3.63, 3.8) is 0 Å². The molecule has 1 atom stereocenters. The van der Waals surface area contributed by atoms with E-state index in [-0.39, 0.29) is 11.9 Å². The number of hydroxylamine groups is 2. The maximum absolute atomic E-state index is 12.2. The van der Waals surface area contributed by atoms with Crippen LogP contribution in [0.25, 0.3) is 0 Å². The Morgan fingerprint density at radius 2 is 1.13 bits per heavy atom. The Bertz CT molecular complexity index is 396. The number of hydrogen-bond donors (Lipinski definition) is 2. The Kier molecular flexibility index (Phi) is 18.7. The highest BCUT2D eigenvalue weighted by atomic mass is 16.5. The zero-order valence-corrected chi connectivity index (χ0v) is 21.0. The van der Waals surface area contributed by atoms with E-state index in [1.54, 1.807) is 0 Å². The summed E-state index contributed by atoms with van der Waals surface area (Å²) in [5.41, 5.74) is 3.95. The van der Waals surface area contributed by atoms with Crippen LogP contribution in [0.3, 0.4) is 0 Å². The first-order valence-corrected chi connectivity index (χ1v) is 12.9. The van der Waals surface area contributed by atoms with Crippen molar-refractivity contribution in [3.8, 4) is 0 Å². The first kappa shape index (κ1) is 29.4. The Balaban J connectivity index is 3.41. The smallest absolute Gasteiger partial charge is 0.304 e. The number of quaternary nitrogens is 2. The summed E-state index contributed by atoms with van der Waals surface area (Å²) in [5.74, 6) is -0.232. The molecule has 4 N–H and O–H groups in total. The highest BCUT2D eigenvalue weighted by Crippen LogP contribution is 2.14. The van der Waals surface area contributed by atoms with Gasteiger partial charge in [0.2, 0.25) is 0 Å². The third kappa shape index (κ3) is 19.3. The summed E-state index contributed by atoms with van der Waals surface area (Å²) in [6, 6.07) is -0.325. The molecule has 0 rings (SSSR count). The number of likely N-dealkylation sites (N-methyl/N-ethyl adjacent to an activating group) is 1. The van der Waals surface area contributed by atoms with Crippen LogP contribution in [-0.4, -0.2) is 60.9 Å². The lowest BCUT2D eigenvalue weighted by Gasteiger charge is -2.26. The van der Waals surface area contributed by atoms with Gasteiger partial charge in [0, 0.05) is 6.42 Å². The molecule has 5 heteroatoms. The van der Waals surface area contributed by atoms with Crippen molar-refractivity contribution in [3.05, 3.63) is 0 Å². The third-order valence-corrected chi connectivity index (χ3v) is 5.99. The fraction of sp³-hybridized carbons (Fsp3) is 0.960. The monoisotopic (exact) mass is 429 g/mol. The average molecular weight is 430 g/mol. The van der Waals surface area contributed by atoms with Crippen LogP contribution in [-0.2, 0) is 4.79 Å². The molecule has 0 aromatic carbocycles. The summed E-state index contributed by atoms with van der Waals surface area (Å²) in [5, 5.41) is 10.8. The van der Waals surface area contributed by atoms with Crippen LogP contribution >= 0.6 is 0 Å². The quantitative estimate of drug-likeness (QED) is 0.114. The summed E-state index contributed by atoms with van der Waals surface area (Å²) >= 11 is 0. The molecule has 0 aromatic rings. The van der Waals surface area contributed by atoms with Crippen molar-refractivity contribution < 1.29 is 20.2 Å². The van der Waals surface area contributed by atoms with Gasteiger partial charge in [-0.25, -0.2) is 5.06 Å². The van der Waals surface area contributed by atoms with Crippen LogP contribution in [0.4, 0.5) is 0 Å². The van der Waals surface area contributed by atoms with Gasteiger partial charge in [-0.2, -0.15) is 0 Å². The van der Waals surface area contributed by atoms with Crippen molar-refractivity contribution in [2.45, 2.75) is 122 Å². The van der Waals surface area contributed by atoms with Crippen LogP contribution in [0, 0.1) is 0 Å². The average Bonchev–Trinajstić information content (AvgIpc) is 2.70. The summed E-state index contributed by atoms with van der Waals surface area (Å²) in [4.78, 5) is 12.2. The third-order valence-electron chi connectivity index (χ3n) is 5.99. The molecule has 0 aliphatic heterocycles. The molecule has 0 fully saturated rings. The molecule has 0 radical (unpaired) electrons. The Labute approximate surface area is 187 Å². The van der Waals surface area contributed by atoms with E-state index in [4.69, 9.17) is 0 Å². The number of carbonyl (C=O) groups excluding carboxylic acids is 1. The minimum absolute atomic E-state index is 0.232. The van der Waals surface area contributed by atoms with E-state index in [1.807, 2.05) is 0 Å². The van der Waals surface area contributed by atoms with E-state index in [0.717, 1.165) is 28.9 Å². The number of carbonyl (C=O) groups is 1. The van der Waals surface area contributed by atoms with Gasteiger partial charge in [0.05, 0.1) is 34.2 Å². The first-order valence-electron chi connectivity index (χ1n) is 12.9. The topological polar surface area (TPSA) is 68.2 Å². The Morgan fingerprint density at radius 3 is 1.50 bits per heavy atom. The van der Waals surface area contributed by atoms with Gasteiger partial charge in [-0.15, -0.1) is 0 Å². The highest BCUT2D eigenvalue weighted by Gasteiger charge is 2.24. The molecule has 0 saturated carbocycles. The highest BCUT2D eigenvalue weighted by molar-refractivity contribution is 5.79. The molecular formula is C25H55N3O2+2. The SMILES string of the molecule is CCCCCCCCCCCCCCCCCCC([NH3+])C(=O)N(O)CC[N+](C)(C)C. The minimum atomic E-state index is -0.325. The second-order valence-corrected chi connectivity index (χ2v) is 10.3. The van der Waals surface area contributed by atoms with E-state index >= 15 is 0 Å². The zero-order valence-electron chi connectivity index (χ0n) is 21.0. The predicted molar refractivity (Wildman–Crippen MR) is 127 cm³/mol. The fourth-order valence-corrected chi connectivity index (χ4v) is 3.78. The van der Waals surface area contributed by atoms with Gasteiger partial charge in [0.15, 0.2) is 6.04 Å². The Hall–Kier alpha value is -0.650. The second kappa shape index (κ2) is 19.1. The number of hydrogen-bond acceptors (Lipinski definition) is 2. The largest absolute Gasteiger partial charge is 0.347 e. The van der Waals surface area contributed by atoms with Gasteiger partial charge >= 0.3 is 5.91 Å². The van der Waals surface area contributed by atoms with Crippen LogP contribution in [0.15, 0.2) is 0 Å². The van der Waals surface area contributed by atoms with Gasteiger partial charge in [0.1, 0.15) is 0 Å². The lowest BCUT2D eigenvalue weighted by molar-refractivity contribution is -0.870. The number of amides is 1. The zero-order chi connectivity index (χ0) is 22.7. The standard InChI is InChI=1S/C25H54N3O2/c1-5-6-7-8-9-10-11-12-13-14-15-16-17-18-19-20-21-24(26)25(29)27(30)22-23-28(2,3)4/h24,30H,5-23,26H2,1-4H3/q+1/p+1. The molecule has 1 amide bonds. The molecule has 180 valence electrons. The van der Waals surface area contributed by atoms with Gasteiger partial charge in [-0.1, -0.05) is 103 Å². The molecule has 0 spiro atoms. The maximum Gasteiger partial charge on any atom is 0.304 e. The molecule has 0 heterocycles. The van der Waals surface area contributed by atoms with Gasteiger partial charge in [0.25, 0.3) is 0 Å². The van der Waals surface area contributed by atoms with Crippen LogP contribution < -0.4 is 5.73 Å². The van der Waals surface area contributed by atoms with E-state index in [0.29, 0.717) is 6.54 Å². The molecule has 5 nitrogen and oxygen atoms in total. The van der Waals surface area contributed by atoms with Crippen LogP contribution in [0.1, 0.15) is 116 Å². The first-order chi connectivity index (χ1) is 14.3. The van der Waals surface area contributed by atoms with Crippen molar-refractivity contribution in [2.75, 3.05) is 34.2 Å². The molecule has 30 heavy (non-hydrogen) atoms. The van der Waals surface area contributed by atoms with Crippen molar-refractivity contribution in [2.24, 2.45) is 0 Å². The minimum Gasteiger partial charge on any atom is -0.347 e. The second-order valence-electron chi connectivity index (χ2n) is 10.3. The van der Waals surface area contributed by atoms with Gasteiger partial charge in [-0.05, 0) is 6.42 Å². The van der Waals surface area contributed by atoms with E-state index < -0.39 is 0 Å². The summed E-state index contributed by atoms with van der Waals surface area (Å²) in [6.07, 6.45) is 22.4. The molecule has 0 aliphatic rings.